The zero-order chi connectivity index (χ0) is 16.6. The molecule has 1 saturated heterocycles. The topological polar surface area (TPSA) is 34.6 Å². The predicted molar refractivity (Wildman–Crippen MR) is 99.4 cm³/mol. The molecule has 4 nitrogen and oxygen atoms in total. The molecule has 2 aliphatic heterocycles. The molecule has 0 spiro atoms. The zero-order valence-corrected chi connectivity index (χ0v) is 14.1. The van der Waals surface area contributed by atoms with Crippen molar-refractivity contribution < 1.29 is 9.47 Å². The van der Waals surface area contributed by atoms with Crippen molar-refractivity contribution in [3.05, 3.63) is 48.5 Å². The van der Waals surface area contributed by atoms with Crippen LogP contribution < -0.4 is 14.4 Å². The third kappa shape index (κ3) is 2.58. The molecular weight excluding hydrogens is 312 g/mol. The van der Waals surface area contributed by atoms with Gasteiger partial charge in [-0.1, -0.05) is 18.2 Å². The number of piperidine rings is 1. The van der Waals surface area contributed by atoms with Gasteiger partial charge >= 0.3 is 0 Å². The van der Waals surface area contributed by atoms with Gasteiger partial charge in [-0.3, -0.25) is 0 Å². The van der Waals surface area contributed by atoms with E-state index in [1.807, 2.05) is 12.1 Å². The molecule has 0 aliphatic carbocycles. The molecule has 0 amide bonds. The fourth-order valence-corrected chi connectivity index (χ4v) is 3.76. The van der Waals surface area contributed by atoms with E-state index in [1.165, 1.54) is 30.3 Å². The number of rotatable bonds is 2. The molecule has 2 aromatic carbocycles. The maximum Gasteiger partial charge on any atom is 0.231 e. The Morgan fingerprint density at radius 2 is 1.68 bits per heavy atom. The molecule has 3 heterocycles. The van der Waals surface area contributed by atoms with E-state index in [2.05, 4.69) is 41.3 Å². The summed E-state index contributed by atoms with van der Waals surface area (Å²) in [6.45, 7) is 2.53. The minimum atomic E-state index is 0.295. The molecule has 4 heteroatoms. The number of hydrogen-bond donors (Lipinski definition) is 0. The van der Waals surface area contributed by atoms with Gasteiger partial charge < -0.3 is 14.4 Å². The normalized spacial score (nSPS) is 16.4. The van der Waals surface area contributed by atoms with Crippen LogP contribution in [0.5, 0.6) is 11.5 Å². The monoisotopic (exact) mass is 332 g/mol. The fourth-order valence-electron chi connectivity index (χ4n) is 3.76. The number of ether oxygens (including phenoxy) is 2. The molecular formula is C21H20N2O2. The quantitative estimate of drug-likeness (QED) is 0.686. The van der Waals surface area contributed by atoms with Crippen LogP contribution in [0.2, 0.25) is 0 Å². The standard InChI is InChI=1S/C21H20N2O2/c1-4-10-23(11-5-1)19-13-18(22-17-7-3-2-6-16(17)19)15-8-9-20-21(12-15)25-14-24-20/h2-3,6-9,12-13H,1,4-5,10-11,14H2. The first-order valence-electron chi connectivity index (χ1n) is 8.93. The lowest BCUT2D eigenvalue weighted by Gasteiger charge is -2.30. The lowest BCUT2D eigenvalue weighted by molar-refractivity contribution is 0.174. The van der Waals surface area contributed by atoms with Crippen LogP contribution >= 0.6 is 0 Å². The zero-order valence-electron chi connectivity index (χ0n) is 14.1. The van der Waals surface area contributed by atoms with Crippen LogP contribution in [0.4, 0.5) is 5.69 Å². The Morgan fingerprint density at radius 1 is 0.840 bits per heavy atom. The fraction of sp³-hybridized carbons (Fsp3) is 0.286. The largest absolute Gasteiger partial charge is 0.454 e. The highest BCUT2D eigenvalue weighted by Crippen LogP contribution is 2.38. The molecule has 2 aliphatic rings. The van der Waals surface area contributed by atoms with E-state index < -0.39 is 0 Å². The smallest absolute Gasteiger partial charge is 0.231 e. The molecule has 0 atom stereocenters. The molecule has 3 aromatic rings. The summed E-state index contributed by atoms with van der Waals surface area (Å²) in [6, 6.07) is 16.7. The first kappa shape index (κ1) is 14.6. The third-order valence-corrected chi connectivity index (χ3v) is 5.06. The predicted octanol–water partition coefficient (Wildman–Crippen LogP) is 4.62. The summed E-state index contributed by atoms with van der Waals surface area (Å²) in [6.07, 6.45) is 3.85. The summed E-state index contributed by atoms with van der Waals surface area (Å²) < 4.78 is 11.0. The Labute approximate surface area is 147 Å². The van der Waals surface area contributed by atoms with Gasteiger partial charge in [0.25, 0.3) is 0 Å². The van der Waals surface area contributed by atoms with Crippen LogP contribution in [0.15, 0.2) is 48.5 Å². The molecule has 126 valence electrons. The van der Waals surface area contributed by atoms with Gasteiger partial charge in [0, 0.05) is 29.7 Å². The van der Waals surface area contributed by atoms with Gasteiger partial charge in [-0.2, -0.15) is 0 Å². The van der Waals surface area contributed by atoms with Crippen LogP contribution in [0.3, 0.4) is 0 Å². The van der Waals surface area contributed by atoms with E-state index in [0.717, 1.165) is 41.4 Å². The molecule has 1 aromatic heterocycles. The Hall–Kier alpha value is -2.75. The minimum absolute atomic E-state index is 0.295. The summed E-state index contributed by atoms with van der Waals surface area (Å²) in [7, 11) is 0. The molecule has 0 N–H and O–H groups in total. The van der Waals surface area contributed by atoms with E-state index in [0.29, 0.717) is 6.79 Å². The van der Waals surface area contributed by atoms with Crippen molar-refractivity contribution >= 4 is 16.6 Å². The lowest BCUT2D eigenvalue weighted by Crippen LogP contribution is -2.29. The molecule has 25 heavy (non-hydrogen) atoms. The number of aromatic nitrogens is 1. The van der Waals surface area contributed by atoms with Gasteiger partial charge in [-0.15, -0.1) is 0 Å². The minimum Gasteiger partial charge on any atom is -0.454 e. The Balaban J connectivity index is 1.66. The average Bonchev–Trinajstić information content (AvgIpc) is 3.15. The van der Waals surface area contributed by atoms with E-state index in [4.69, 9.17) is 14.5 Å². The lowest BCUT2D eigenvalue weighted by atomic mass is 10.0. The van der Waals surface area contributed by atoms with E-state index in [1.54, 1.807) is 0 Å². The summed E-state index contributed by atoms with van der Waals surface area (Å²) in [5.41, 5.74) is 4.38. The van der Waals surface area contributed by atoms with Crippen LogP contribution in [0.1, 0.15) is 19.3 Å². The summed E-state index contributed by atoms with van der Waals surface area (Å²) in [5, 5.41) is 1.23. The van der Waals surface area contributed by atoms with Crippen LogP contribution in [-0.4, -0.2) is 24.9 Å². The third-order valence-electron chi connectivity index (χ3n) is 5.06. The number of pyridine rings is 1. The van der Waals surface area contributed by atoms with E-state index >= 15 is 0 Å². The summed E-state index contributed by atoms with van der Waals surface area (Å²) in [5.74, 6) is 1.60. The first-order chi connectivity index (χ1) is 12.4. The average molecular weight is 332 g/mol. The van der Waals surface area contributed by atoms with Crippen molar-refractivity contribution in [2.24, 2.45) is 0 Å². The van der Waals surface area contributed by atoms with Crippen molar-refractivity contribution in [2.45, 2.75) is 19.3 Å². The van der Waals surface area contributed by atoms with Gasteiger partial charge in [0.2, 0.25) is 6.79 Å². The van der Waals surface area contributed by atoms with Crippen molar-refractivity contribution in [1.82, 2.24) is 4.98 Å². The Morgan fingerprint density at radius 3 is 2.60 bits per heavy atom. The second kappa shape index (κ2) is 5.96. The molecule has 0 unspecified atom stereocenters. The van der Waals surface area contributed by atoms with Gasteiger partial charge in [-0.25, -0.2) is 4.98 Å². The van der Waals surface area contributed by atoms with Gasteiger partial charge in [0.05, 0.1) is 11.2 Å². The van der Waals surface area contributed by atoms with Gasteiger partial charge in [0.15, 0.2) is 11.5 Å². The molecule has 1 fully saturated rings. The van der Waals surface area contributed by atoms with E-state index in [-0.39, 0.29) is 0 Å². The number of para-hydroxylation sites is 1. The highest BCUT2D eigenvalue weighted by atomic mass is 16.7. The molecule has 0 bridgehead atoms. The first-order valence-corrected chi connectivity index (χ1v) is 8.93. The van der Waals surface area contributed by atoms with Crippen molar-refractivity contribution in [1.29, 1.82) is 0 Å². The summed E-state index contributed by atoms with van der Waals surface area (Å²) in [4.78, 5) is 7.41. The van der Waals surface area contributed by atoms with Crippen molar-refractivity contribution in [3.8, 4) is 22.8 Å². The highest BCUT2D eigenvalue weighted by molar-refractivity contribution is 5.94. The maximum absolute atomic E-state index is 5.53. The van der Waals surface area contributed by atoms with Crippen LogP contribution in [0, 0.1) is 0 Å². The highest BCUT2D eigenvalue weighted by Gasteiger charge is 2.18. The summed E-state index contributed by atoms with van der Waals surface area (Å²) >= 11 is 0. The SMILES string of the molecule is c1ccc2c(N3CCCCC3)cc(-c3ccc4c(c3)OCO4)nc2c1. The number of nitrogens with zero attached hydrogens (tertiary/aromatic N) is 2. The molecule has 0 saturated carbocycles. The van der Waals surface area contributed by atoms with Crippen LogP contribution in [-0.2, 0) is 0 Å². The second-order valence-electron chi connectivity index (χ2n) is 6.66. The second-order valence-corrected chi connectivity index (χ2v) is 6.66. The number of anilines is 1. The number of hydrogen-bond acceptors (Lipinski definition) is 4. The molecule has 0 radical (unpaired) electrons. The number of fused-ring (bicyclic) bond motifs is 2. The van der Waals surface area contributed by atoms with Crippen molar-refractivity contribution in [3.63, 3.8) is 0 Å². The van der Waals surface area contributed by atoms with Crippen LogP contribution in [0.25, 0.3) is 22.2 Å². The number of benzene rings is 2. The Kier molecular flexibility index (Phi) is 3.47. The van der Waals surface area contributed by atoms with Crippen molar-refractivity contribution in [2.75, 3.05) is 24.8 Å². The van der Waals surface area contributed by atoms with Gasteiger partial charge in [-0.05, 0) is 49.6 Å². The molecule has 5 rings (SSSR count). The van der Waals surface area contributed by atoms with Gasteiger partial charge in [0.1, 0.15) is 0 Å². The maximum atomic E-state index is 5.53. The Bertz CT molecular complexity index is 932. The van der Waals surface area contributed by atoms with E-state index in [9.17, 15) is 0 Å².